The van der Waals surface area contributed by atoms with Gasteiger partial charge in [0.2, 0.25) is 0 Å². The van der Waals surface area contributed by atoms with E-state index in [9.17, 15) is 0 Å². The molecule has 0 bridgehead atoms. The highest BCUT2D eigenvalue weighted by atomic mass is 15.1. The molecule has 16 aromatic rings. The molecule has 9 aliphatic rings. The van der Waals surface area contributed by atoms with E-state index in [-0.39, 0.29) is 0 Å². The van der Waals surface area contributed by atoms with E-state index in [1.165, 1.54) is 151 Å². The molecule has 1 N–H and O–H groups in total. The van der Waals surface area contributed by atoms with Crippen LogP contribution in [-0.2, 0) is 44.9 Å². The van der Waals surface area contributed by atoms with E-state index < -0.39 is 0 Å². The molecule has 0 radical (unpaired) electrons. The molecule has 11 aromatic carbocycles. The minimum absolute atomic E-state index is 0.325. The van der Waals surface area contributed by atoms with Crippen molar-refractivity contribution in [3.8, 4) is 33.5 Å². The van der Waals surface area contributed by atoms with Crippen LogP contribution in [0.3, 0.4) is 0 Å². The van der Waals surface area contributed by atoms with E-state index in [4.69, 9.17) is 19.9 Å². The largest absolute Gasteiger partial charge is 0.287 e. The summed E-state index contributed by atoms with van der Waals surface area (Å²) in [4.78, 5) is 33.0. The summed E-state index contributed by atoms with van der Waals surface area (Å²) >= 11 is 0. The summed E-state index contributed by atoms with van der Waals surface area (Å²) in [5.74, 6) is 0.637. The van der Waals surface area contributed by atoms with Crippen molar-refractivity contribution in [2.45, 2.75) is 69.7 Å². The molecule has 1 aliphatic heterocycles. The Morgan fingerprint density at radius 1 is 0.333 bits per heavy atom. The standard InChI is InChI=1S/C21H18.C20H13N.C19H16N2.C19H12N2.C18H11N3/c1-3-8-17-14(6-1)12-16-13-15-7-2-4-9-18(15)20-11-5-10-19(17)21(16)20;1-2-7-14-13(6-1)12-19-20-16(14)9-5-10-17(20)15-8-3-4-11-18(15)21-19;1-3-7-15-12(5-1)9-14-10-13-6-2-4-8-16(13)19-17(14)18(15)20-11-21-19;1-2-6-13-12(5-1)9-18-19-15(13)10-20-11-16(19)14-7-3-4-8-17(14)21-18;1-2-6-12-11(5-1)9-15-16-17(12)19-10-20-18(16)13-7-3-4-8-14(13)21-15/h1-4,6-10,20H,5,11-13H2;1-11H,12H2;1-8,18,20H,9-11H2;1-8,10-11H,9H2;1-8,10H,9H2/t20-;;18-;;/m0.0../s1. The molecule has 2 atom stereocenters. The van der Waals surface area contributed by atoms with Crippen LogP contribution in [0.5, 0.6) is 0 Å². The van der Waals surface area contributed by atoms with E-state index in [0.717, 1.165) is 89.2 Å². The number of nitrogens with zero attached hydrogens (tertiary/aromatic N) is 7. The maximum atomic E-state index is 4.93. The first kappa shape index (κ1) is 61.2. The van der Waals surface area contributed by atoms with Crippen molar-refractivity contribution in [1.82, 2.24) is 35.2 Å². The number of para-hydroxylation sites is 3. The van der Waals surface area contributed by atoms with Crippen molar-refractivity contribution in [2.24, 2.45) is 4.99 Å². The number of rotatable bonds is 0. The first-order valence-electron chi connectivity index (χ1n) is 37.1. The van der Waals surface area contributed by atoms with Crippen LogP contribution in [0.1, 0.15) is 103 Å². The van der Waals surface area contributed by atoms with Crippen molar-refractivity contribution in [1.29, 1.82) is 0 Å². The van der Waals surface area contributed by atoms with E-state index in [2.05, 4.69) is 263 Å². The minimum atomic E-state index is 0.325. The highest BCUT2D eigenvalue weighted by molar-refractivity contribution is 6.17. The molecular weight excluding hydrogens is 1280 g/mol. The van der Waals surface area contributed by atoms with Crippen LogP contribution in [-0.4, -0.2) is 42.3 Å². The number of aromatic nitrogens is 6. The third kappa shape index (κ3) is 10.2. The second-order valence-electron chi connectivity index (χ2n) is 29.0. The highest BCUT2D eigenvalue weighted by Gasteiger charge is 2.38. The number of hydrogen-bond donors (Lipinski definition) is 1. The molecule has 5 aromatic heterocycles. The van der Waals surface area contributed by atoms with Gasteiger partial charge in [0, 0.05) is 92.0 Å². The van der Waals surface area contributed by atoms with E-state index in [1.54, 1.807) is 34.2 Å². The number of hydrogen-bond acceptors (Lipinski definition) is 8. The summed E-state index contributed by atoms with van der Waals surface area (Å²) in [5, 5.41) is 13.4. The average Bonchev–Trinajstić information content (AvgIpc) is 0.764. The Kier molecular flexibility index (Phi) is 14.7. The number of aliphatic imine (C=N–C) groups is 1. The third-order valence-corrected chi connectivity index (χ3v) is 23.3. The van der Waals surface area contributed by atoms with Gasteiger partial charge in [0.15, 0.2) is 0 Å². The number of allylic oxidation sites excluding steroid dienone is 5. The number of nitrogens with one attached hydrogen (secondary N) is 1. The molecule has 0 saturated carbocycles. The van der Waals surface area contributed by atoms with Crippen molar-refractivity contribution < 1.29 is 0 Å². The Bertz CT molecular complexity index is 5940. The lowest BCUT2D eigenvalue weighted by atomic mass is 9.65. The SMILES string of the molecule is C1=C2C3=C(Cc4ccccc42)Cc2ccccc2[C@@H]3CC1.c1ccc2c(c1)CC1=C3C2=NCN[C@H]3c2ccccc2C1.c1ccc2c(c1)Cc1nc3ccccc3c3cccc-2c13.c1ccc2c(c1)Cc1nc3ccccc3c3cncc-2c13.c1ccc2c(c1)Cc1nc3ccccc3c3ncnc-2c13. The van der Waals surface area contributed by atoms with Crippen molar-refractivity contribution >= 4 is 76.4 Å². The zero-order valence-electron chi connectivity index (χ0n) is 58.0. The van der Waals surface area contributed by atoms with Crippen molar-refractivity contribution in [3.63, 3.8) is 0 Å². The molecule has 6 heterocycles. The summed E-state index contributed by atoms with van der Waals surface area (Å²) in [6.07, 6.45) is 17.7. The summed E-state index contributed by atoms with van der Waals surface area (Å²) in [7, 11) is 0. The third-order valence-electron chi connectivity index (χ3n) is 23.3. The van der Waals surface area contributed by atoms with Gasteiger partial charge in [0.05, 0.1) is 63.3 Å². The van der Waals surface area contributed by atoms with Crippen LogP contribution < -0.4 is 5.32 Å². The molecule has 0 amide bonds. The Balaban J connectivity index is 0.0000000846. The zero-order valence-corrected chi connectivity index (χ0v) is 58.0. The van der Waals surface area contributed by atoms with Crippen molar-refractivity contribution in [3.05, 3.63) is 386 Å². The first-order chi connectivity index (χ1) is 52.1. The van der Waals surface area contributed by atoms with Gasteiger partial charge in [-0.1, -0.05) is 260 Å². The monoisotopic (exact) mass is 1350 g/mol. The van der Waals surface area contributed by atoms with Gasteiger partial charge < -0.3 is 0 Å². The van der Waals surface area contributed by atoms with Gasteiger partial charge in [-0.25, -0.2) is 9.97 Å². The Labute approximate surface area is 609 Å². The normalized spacial score (nSPS) is 16.4. The highest BCUT2D eigenvalue weighted by Crippen LogP contribution is 2.52. The lowest BCUT2D eigenvalue weighted by Crippen LogP contribution is -2.38. The van der Waals surface area contributed by atoms with Crippen molar-refractivity contribution in [2.75, 3.05) is 6.67 Å². The molecule has 8 aliphatic carbocycles. The van der Waals surface area contributed by atoms with E-state index >= 15 is 0 Å². The summed E-state index contributed by atoms with van der Waals surface area (Å²) in [6.45, 7) is 0.708. The molecule has 0 fully saturated rings. The fourth-order valence-corrected chi connectivity index (χ4v) is 18.8. The number of benzene rings is 11. The van der Waals surface area contributed by atoms with Gasteiger partial charge in [0.25, 0.3) is 0 Å². The van der Waals surface area contributed by atoms with Gasteiger partial charge in [0.1, 0.15) is 6.33 Å². The van der Waals surface area contributed by atoms with Gasteiger partial charge >= 0.3 is 0 Å². The molecule has 0 unspecified atom stereocenters. The molecule has 25 rings (SSSR count). The predicted molar refractivity (Wildman–Crippen MR) is 428 cm³/mol. The first-order valence-corrected chi connectivity index (χ1v) is 37.1. The molecule has 8 nitrogen and oxygen atoms in total. The lowest BCUT2D eigenvalue weighted by Gasteiger charge is -2.38. The number of fused-ring (bicyclic) bond motifs is 20. The van der Waals surface area contributed by atoms with Crippen LogP contribution in [0.2, 0.25) is 0 Å². The van der Waals surface area contributed by atoms with Crippen LogP contribution in [0, 0.1) is 0 Å². The summed E-state index contributed by atoms with van der Waals surface area (Å²) in [5.41, 5.74) is 39.9. The predicted octanol–water partition coefficient (Wildman–Crippen LogP) is 21.3. The summed E-state index contributed by atoms with van der Waals surface area (Å²) in [6, 6.07) is 93.2. The molecule has 498 valence electrons. The fourth-order valence-electron chi connectivity index (χ4n) is 18.8. The zero-order chi connectivity index (χ0) is 69.1. The second kappa shape index (κ2) is 25.2. The van der Waals surface area contributed by atoms with Gasteiger partial charge in [-0.15, -0.1) is 0 Å². The second-order valence-corrected chi connectivity index (χ2v) is 29.0. The van der Waals surface area contributed by atoms with E-state index in [1.807, 2.05) is 36.7 Å². The smallest absolute Gasteiger partial charge is 0.116 e. The maximum absolute atomic E-state index is 4.93. The average molecular weight is 1350 g/mol. The van der Waals surface area contributed by atoms with Crippen LogP contribution >= 0.6 is 0 Å². The molecule has 105 heavy (non-hydrogen) atoms. The molecular formula is C97H70N8. The molecule has 0 spiro atoms. The quantitative estimate of drug-likeness (QED) is 0.151. The van der Waals surface area contributed by atoms with Crippen LogP contribution in [0.4, 0.5) is 0 Å². The Hall–Kier alpha value is -12.5. The Morgan fingerprint density at radius 3 is 1.49 bits per heavy atom. The van der Waals surface area contributed by atoms with Gasteiger partial charge in [-0.05, 0) is 151 Å². The summed E-state index contributed by atoms with van der Waals surface area (Å²) < 4.78 is 0. The fraction of sp³-hybridized carbons (Fsp3) is 0.124. The van der Waals surface area contributed by atoms with Gasteiger partial charge in [-0.3, -0.25) is 30.2 Å². The minimum Gasteiger partial charge on any atom is -0.287 e. The number of pyridine rings is 4. The van der Waals surface area contributed by atoms with Crippen LogP contribution in [0.25, 0.3) is 104 Å². The maximum Gasteiger partial charge on any atom is 0.116 e. The lowest BCUT2D eigenvalue weighted by molar-refractivity contribution is 0.582. The Morgan fingerprint density at radius 2 is 0.800 bits per heavy atom. The van der Waals surface area contributed by atoms with E-state index in [0.29, 0.717) is 18.6 Å². The van der Waals surface area contributed by atoms with Crippen LogP contribution in [0.15, 0.2) is 313 Å². The topological polar surface area (TPSA) is 102 Å². The molecule has 8 heteroatoms. The molecule has 0 saturated heterocycles. The van der Waals surface area contributed by atoms with Gasteiger partial charge in [-0.2, -0.15) is 0 Å².